The molecule has 2 fully saturated rings. The molecule has 1 N–H and O–H groups in total. The molecule has 0 spiro atoms. The van der Waals surface area contributed by atoms with Gasteiger partial charge in [-0.25, -0.2) is 9.97 Å². The lowest BCUT2D eigenvalue weighted by molar-refractivity contribution is 0.311. The second-order valence-electron chi connectivity index (χ2n) is 6.53. The van der Waals surface area contributed by atoms with Crippen molar-refractivity contribution >= 4 is 11.2 Å². The number of fused-ring (bicyclic) bond motifs is 1. The van der Waals surface area contributed by atoms with Crippen molar-refractivity contribution in [3.63, 3.8) is 0 Å². The molecule has 4 heterocycles. The molecule has 2 saturated heterocycles. The van der Waals surface area contributed by atoms with Gasteiger partial charge in [-0.2, -0.15) is 0 Å². The van der Waals surface area contributed by atoms with Crippen LogP contribution in [0.3, 0.4) is 0 Å². The van der Waals surface area contributed by atoms with E-state index in [1.807, 2.05) is 12.3 Å². The molecule has 0 aromatic carbocycles. The summed E-state index contributed by atoms with van der Waals surface area (Å²) in [5, 5.41) is 3.67. The monoisotopic (exact) mass is 299 g/mol. The zero-order valence-corrected chi connectivity index (χ0v) is 13.3. The van der Waals surface area contributed by atoms with Crippen LogP contribution in [0.2, 0.25) is 0 Å². The van der Waals surface area contributed by atoms with Gasteiger partial charge in [0.1, 0.15) is 11.3 Å². The molecule has 22 heavy (non-hydrogen) atoms. The summed E-state index contributed by atoms with van der Waals surface area (Å²) in [4.78, 5) is 12.1. The summed E-state index contributed by atoms with van der Waals surface area (Å²) in [6.45, 7) is 6.80. The SMILES string of the molecule is CCN1CCC(c2nc3cccnc3n2C2CCCCN2)C1. The molecule has 2 atom stereocenters. The van der Waals surface area contributed by atoms with E-state index in [0.29, 0.717) is 12.1 Å². The highest BCUT2D eigenvalue weighted by molar-refractivity contribution is 5.71. The standard InChI is InChI=1S/C17H25N5/c1-2-21-11-8-13(12-21)16-20-14-6-5-10-19-17(14)22(16)15-7-3-4-9-18-15/h5-6,10,13,15,18H,2-4,7-9,11-12H2,1H3. The van der Waals surface area contributed by atoms with Crippen LogP contribution in [0.1, 0.15) is 50.5 Å². The minimum Gasteiger partial charge on any atom is -0.303 e. The molecule has 118 valence electrons. The van der Waals surface area contributed by atoms with Gasteiger partial charge in [0.15, 0.2) is 5.65 Å². The number of nitrogens with zero attached hydrogens (tertiary/aromatic N) is 4. The Morgan fingerprint density at radius 1 is 1.32 bits per heavy atom. The molecule has 0 saturated carbocycles. The van der Waals surface area contributed by atoms with Crippen LogP contribution in [0.5, 0.6) is 0 Å². The maximum absolute atomic E-state index is 4.97. The lowest BCUT2D eigenvalue weighted by atomic mass is 10.1. The normalized spacial score (nSPS) is 26.8. The quantitative estimate of drug-likeness (QED) is 0.946. The first-order valence-electron chi connectivity index (χ1n) is 8.65. The molecule has 4 rings (SSSR count). The fourth-order valence-electron chi connectivity index (χ4n) is 3.93. The van der Waals surface area contributed by atoms with Gasteiger partial charge in [0.05, 0.1) is 6.17 Å². The third-order valence-electron chi connectivity index (χ3n) is 5.16. The van der Waals surface area contributed by atoms with Gasteiger partial charge in [-0.15, -0.1) is 0 Å². The molecule has 0 amide bonds. The molecule has 2 aromatic rings. The van der Waals surface area contributed by atoms with Crippen molar-refractivity contribution in [2.45, 2.75) is 44.7 Å². The van der Waals surface area contributed by atoms with Crippen LogP contribution in [-0.2, 0) is 0 Å². The summed E-state index contributed by atoms with van der Waals surface area (Å²) in [7, 11) is 0. The van der Waals surface area contributed by atoms with Gasteiger partial charge < -0.3 is 4.90 Å². The van der Waals surface area contributed by atoms with Crippen molar-refractivity contribution in [1.82, 2.24) is 24.8 Å². The molecule has 2 unspecified atom stereocenters. The van der Waals surface area contributed by atoms with Gasteiger partial charge in [0, 0.05) is 18.7 Å². The lowest BCUT2D eigenvalue weighted by Gasteiger charge is -2.27. The smallest absolute Gasteiger partial charge is 0.161 e. The van der Waals surface area contributed by atoms with E-state index in [1.54, 1.807) is 0 Å². The Morgan fingerprint density at radius 2 is 2.27 bits per heavy atom. The molecule has 0 bridgehead atoms. The second-order valence-corrected chi connectivity index (χ2v) is 6.53. The van der Waals surface area contributed by atoms with Crippen LogP contribution < -0.4 is 5.32 Å². The summed E-state index contributed by atoms with van der Waals surface area (Å²) in [6, 6.07) is 4.09. The minimum absolute atomic E-state index is 0.360. The average Bonchev–Trinajstić information content (AvgIpc) is 3.19. The van der Waals surface area contributed by atoms with Gasteiger partial charge in [0.25, 0.3) is 0 Å². The molecule has 2 aliphatic rings. The first kappa shape index (κ1) is 14.2. The first-order chi connectivity index (χ1) is 10.9. The molecular weight excluding hydrogens is 274 g/mol. The van der Waals surface area contributed by atoms with Gasteiger partial charge in [-0.1, -0.05) is 6.92 Å². The topological polar surface area (TPSA) is 46.0 Å². The summed E-state index contributed by atoms with van der Waals surface area (Å²) >= 11 is 0. The summed E-state index contributed by atoms with van der Waals surface area (Å²) in [5.41, 5.74) is 2.09. The Balaban J connectivity index is 1.76. The second kappa shape index (κ2) is 5.97. The van der Waals surface area contributed by atoms with E-state index in [-0.39, 0.29) is 0 Å². The zero-order valence-electron chi connectivity index (χ0n) is 13.3. The van der Waals surface area contributed by atoms with Crippen molar-refractivity contribution < 1.29 is 0 Å². The fourth-order valence-corrected chi connectivity index (χ4v) is 3.93. The van der Waals surface area contributed by atoms with Crippen molar-refractivity contribution in [2.75, 3.05) is 26.2 Å². The fraction of sp³-hybridized carbons (Fsp3) is 0.647. The highest BCUT2D eigenvalue weighted by Gasteiger charge is 2.30. The number of pyridine rings is 1. The van der Waals surface area contributed by atoms with E-state index < -0.39 is 0 Å². The predicted molar refractivity (Wildman–Crippen MR) is 87.9 cm³/mol. The molecule has 2 aliphatic heterocycles. The number of imidazole rings is 1. The number of aromatic nitrogens is 3. The van der Waals surface area contributed by atoms with Crippen molar-refractivity contribution in [2.24, 2.45) is 0 Å². The Morgan fingerprint density at radius 3 is 3.05 bits per heavy atom. The largest absolute Gasteiger partial charge is 0.303 e. The van der Waals surface area contributed by atoms with Crippen molar-refractivity contribution in [3.8, 4) is 0 Å². The van der Waals surface area contributed by atoms with E-state index >= 15 is 0 Å². The van der Waals surface area contributed by atoms with Crippen molar-refractivity contribution in [3.05, 3.63) is 24.2 Å². The number of likely N-dealkylation sites (N-methyl/N-ethyl adjacent to an activating group) is 1. The number of hydrogen-bond donors (Lipinski definition) is 1. The number of rotatable bonds is 3. The number of piperidine rings is 1. The van der Waals surface area contributed by atoms with E-state index in [9.17, 15) is 0 Å². The maximum Gasteiger partial charge on any atom is 0.161 e. The van der Waals surface area contributed by atoms with E-state index in [1.165, 1.54) is 38.1 Å². The average molecular weight is 299 g/mol. The summed E-state index contributed by atoms with van der Waals surface area (Å²) < 4.78 is 2.40. The van der Waals surface area contributed by atoms with E-state index in [2.05, 4.69) is 32.8 Å². The van der Waals surface area contributed by atoms with Gasteiger partial charge >= 0.3 is 0 Å². The maximum atomic E-state index is 4.97. The zero-order chi connectivity index (χ0) is 14.9. The Bertz CT molecular complexity index is 644. The number of likely N-dealkylation sites (tertiary alicyclic amines) is 1. The summed E-state index contributed by atoms with van der Waals surface area (Å²) in [5.74, 6) is 1.78. The van der Waals surface area contributed by atoms with E-state index in [0.717, 1.165) is 30.8 Å². The molecular formula is C17H25N5. The first-order valence-corrected chi connectivity index (χ1v) is 8.65. The molecule has 5 heteroatoms. The van der Waals surface area contributed by atoms with Crippen LogP contribution in [0, 0.1) is 0 Å². The van der Waals surface area contributed by atoms with Crippen LogP contribution in [0.4, 0.5) is 0 Å². The van der Waals surface area contributed by atoms with Crippen LogP contribution in [0.25, 0.3) is 11.2 Å². The molecule has 2 aromatic heterocycles. The lowest BCUT2D eigenvalue weighted by Crippen LogP contribution is -2.33. The number of nitrogens with one attached hydrogen (secondary N) is 1. The number of hydrogen-bond acceptors (Lipinski definition) is 4. The van der Waals surface area contributed by atoms with Crippen LogP contribution in [0.15, 0.2) is 18.3 Å². The summed E-state index contributed by atoms with van der Waals surface area (Å²) in [6.07, 6.45) is 7.21. The highest BCUT2D eigenvalue weighted by Crippen LogP contribution is 2.32. The third-order valence-corrected chi connectivity index (χ3v) is 5.16. The van der Waals surface area contributed by atoms with E-state index in [4.69, 9.17) is 4.98 Å². The Hall–Kier alpha value is -1.46. The predicted octanol–water partition coefficient (Wildman–Crippen LogP) is 2.51. The third kappa shape index (κ3) is 2.42. The molecule has 0 radical (unpaired) electrons. The van der Waals surface area contributed by atoms with Crippen LogP contribution in [-0.4, -0.2) is 45.6 Å². The molecule has 5 nitrogen and oxygen atoms in total. The Kier molecular flexibility index (Phi) is 3.84. The van der Waals surface area contributed by atoms with Gasteiger partial charge in [-0.3, -0.25) is 9.88 Å². The van der Waals surface area contributed by atoms with Gasteiger partial charge in [0.2, 0.25) is 0 Å². The molecule has 0 aliphatic carbocycles. The van der Waals surface area contributed by atoms with Crippen molar-refractivity contribution in [1.29, 1.82) is 0 Å². The van der Waals surface area contributed by atoms with Crippen LogP contribution >= 0.6 is 0 Å². The van der Waals surface area contributed by atoms with Gasteiger partial charge in [-0.05, 0) is 57.5 Å². The highest BCUT2D eigenvalue weighted by atomic mass is 15.3. The Labute approximate surface area is 131 Å². The minimum atomic E-state index is 0.360.